The Kier molecular flexibility index (Phi) is 5.73. The van der Waals surface area contributed by atoms with E-state index in [4.69, 9.17) is 0 Å². The van der Waals surface area contributed by atoms with Crippen molar-refractivity contribution in [2.24, 2.45) is 0 Å². The summed E-state index contributed by atoms with van der Waals surface area (Å²) in [4.78, 5) is 4.44. The summed E-state index contributed by atoms with van der Waals surface area (Å²) in [6.45, 7) is 8.47. The van der Waals surface area contributed by atoms with E-state index in [1.54, 1.807) is 0 Å². The maximum absolute atomic E-state index is 4.44. The van der Waals surface area contributed by atoms with E-state index in [0.29, 0.717) is 5.25 Å². The summed E-state index contributed by atoms with van der Waals surface area (Å²) in [6, 6.07) is 4.27. The molecule has 1 aromatic rings. The van der Waals surface area contributed by atoms with Crippen LogP contribution in [0.3, 0.4) is 0 Å². The van der Waals surface area contributed by atoms with E-state index >= 15 is 0 Å². The van der Waals surface area contributed by atoms with Crippen molar-refractivity contribution < 1.29 is 0 Å². The SMILES string of the molecule is CCNCc1ccc(SC(C)CC)nc1. The first kappa shape index (κ1) is 12.5. The fourth-order valence-corrected chi connectivity index (χ4v) is 1.98. The first-order chi connectivity index (χ1) is 7.26. The van der Waals surface area contributed by atoms with Gasteiger partial charge in [-0.15, -0.1) is 11.8 Å². The standard InChI is InChI=1S/C12H20N2S/c1-4-10(3)15-12-7-6-11(9-14-12)8-13-5-2/h6-7,9-10,13H,4-5,8H2,1-3H3. The minimum atomic E-state index is 0.650. The van der Waals surface area contributed by atoms with Crippen molar-refractivity contribution in [2.75, 3.05) is 6.54 Å². The lowest BCUT2D eigenvalue weighted by atomic mass is 10.3. The molecule has 0 aromatic carbocycles. The molecule has 1 atom stereocenters. The third-order valence-electron chi connectivity index (χ3n) is 2.27. The molecule has 1 N–H and O–H groups in total. The Morgan fingerprint density at radius 2 is 2.20 bits per heavy atom. The first-order valence-corrected chi connectivity index (χ1v) is 6.46. The van der Waals surface area contributed by atoms with Crippen LogP contribution in [0.2, 0.25) is 0 Å². The zero-order valence-electron chi connectivity index (χ0n) is 9.79. The quantitative estimate of drug-likeness (QED) is 0.752. The third kappa shape index (κ3) is 4.67. The molecule has 1 aromatic heterocycles. The molecule has 0 aliphatic rings. The predicted molar refractivity (Wildman–Crippen MR) is 67.2 cm³/mol. The number of thioether (sulfide) groups is 1. The Bertz CT molecular complexity index is 271. The second-order valence-electron chi connectivity index (χ2n) is 3.62. The van der Waals surface area contributed by atoms with Gasteiger partial charge in [0.1, 0.15) is 0 Å². The van der Waals surface area contributed by atoms with Crippen molar-refractivity contribution in [1.82, 2.24) is 10.3 Å². The smallest absolute Gasteiger partial charge is 0.0962 e. The van der Waals surface area contributed by atoms with Crippen LogP contribution < -0.4 is 5.32 Å². The summed E-state index contributed by atoms with van der Waals surface area (Å²) in [5, 5.41) is 5.07. The van der Waals surface area contributed by atoms with Crippen LogP contribution in [0.5, 0.6) is 0 Å². The maximum Gasteiger partial charge on any atom is 0.0962 e. The van der Waals surface area contributed by atoms with Gasteiger partial charge < -0.3 is 5.32 Å². The van der Waals surface area contributed by atoms with Crippen molar-refractivity contribution >= 4 is 11.8 Å². The third-order valence-corrected chi connectivity index (χ3v) is 3.49. The van der Waals surface area contributed by atoms with Gasteiger partial charge in [0.2, 0.25) is 0 Å². The molecule has 0 radical (unpaired) electrons. The second kappa shape index (κ2) is 6.85. The fraction of sp³-hybridized carbons (Fsp3) is 0.583. The predicted octanol–water partition coefficient (Wildman–Crippen LogP) is 3.08. The summed E-state index contributed by atoms with van der Waals surface area (Å²) in [6.07, 6.45) is 3.15. The van der Waals surface area contributed by atoms with Crippen molar-refractivity contribution in [3.8, 4) is 0 Å². The molecule has 84 valence electrons. The zero-order chi connectivity index (χ0) is 11.1. The topological polar surface area (TPSA) is 24.9 Å². The van der Waals surface area contributed by atoms with Crippen LogP contribution in [-0.2, 0) is 6.54 Å². The lowest BCUT2D eigenvalue weighted by Gasteiger charge is -2.07. The number of hydrogen-bond acceptors (Lipinski definition) is 3. The Morgan fingerprint density at radius 1 is 1.40 bits per heavy atom. The van der Waals surface area contributed by atoms with E-state index in [1.165, 1.54) is 12.0 Å². The summed E-state index contributed by atoms with van der Waals surface area (Å²) in [5.74, 6) is 0. The lowest BCUT2D eigenvalue weighted by molar-refractivity contribution is 0.722. The number of rotatable bonds is 6. The second-order valence-corrected chi connectivity index (χ2v) is 5.08. The highest BCUT2D eigenvalue weighted by Gasteiger charge is 2.02. The number of hydrogen-bond donors (Lipinski definition) is 1. The molecule has 1 rings (SSSR count). The normalized spacial score (nSPS) is 12.7. The maximum atomic E-state index is 4.44. The van der Waals surface area contributed by atoms with Gasteiger partial charge in [0.25, 0.3) is 0 Å². The van der Waals surface area contributed by atoms with Gasteiger partial charge in [0, 0.05) is 18.0 Å². The van der Waals surface area contributed by atoms with Gasteiger partial charge in [0.15, 0.2) is 0 Å². The molecule has 1 heterocycles. The monoisotopic (exact) mass is 224 g/mol. The van der Waals surface area contributed by atoms with Crippen molar-refractivity contribution in [2.45, 2.75) is 44.0 Å². The molecule has 0 saturated carbocycles. The Morgan fingerprint density at radius 3 is 2.73 bits per heavy atom. The van der Waals surface area contributed by atoms with E-state index < -0.39 is 0 Å². The Hall–Kier alpha value is -0.540. The minimum absolute atomic E-state index is 0.650. The van der Waals surface area contributed by atoms with Gasteiger partial charge in [0.05, 0.1) is 5.03 Å². The number of nitrogens with zero attached hydrogens (tertiary/aromatic N) is 1. The fourth-order valence-electron chi connectivity index (χ4n) is 1.14. The number of nitrogens with one attached hydrogen (secondary N) is 1. The zero-order valence-corrected chi connectivity index (χ0v) is 10.6. The molecule has 1 unspecified atom stereocenters. The van der Waals surface area contributed by atoms with Crippen LogP contribution in [0.25, 0.3) is 0 Å². The van der Waals surface area contributed by atoms with Crippen LogP contribution in [0.1, 0.15) is 32.8 Å². The molecule has 0 fully saturated rings. The highest BCUT2D eigenvalue weighted by molar-refractivity contribution is 7.99. The van der Waals surface area contributed by atoms with E-state index in [1.807, 2.05) is 18.0 Å². The van der Waals surface area contributed by atoms with Gasteiger partial charge in [-0.2, -0.15) is 0 Å². The molecule has 0 aliphatic carbocycles. The molecule has 0 aliphatic heterocycles. The lowest BCUT2D eigenvalue weighted by Crippen LogP contribution is -2.11. The van der Waals surface area contributed by atoms with Gasteiger partial charge in [-0.05, 0) is 24.6 Å². The van der Waals surface area contributed by atoms with Gasteiger partial charge in [-0.1, -0.05) is 26.8 Å². The van der Waals surface area contributed by atoms with Crippen LogP contribution in [0.15, 0.2) is 23.4 Å². The molecular weight excluding hydrogens is 204 g/mol. The van der Waals surface area contributed by atoms with E-state index in [2.05, 4.69) is 43.2 Å². The summed E-state index contributed by atoms with van der Waals surface area (Å²) in [7, 11) is 0. The number of pyridine rings is 1. The minimum Gasteiger partial charge on any atom is -0.313 e. The van der Waals surface area contributed by atoms with Crippen LogP contribution in [0, 0.1) is 0 Å². The molecule has 2 nitrogen and oxygen atoms in total. The molecule has 15 heavy (non-hydrogen) atoms. The van der Waals surface area contributed by atoms with E-state index in [0.717, 1.165) is 18.1 Å². The Labute approximate surface area is 96.9 Å². The molecule has 0 bridgehead atoms. The average Bonchev–Trinajstić information content (AvgIpc) is 2.28. The number of aromatic nitrogens is 1. The van der Waals surface area contributed by atoms with E-state index in [-0.39, 0.29) is 0 Å². The molecule has 0 amide bonds. The molecule has 3 heteroatoms. The summed E-state index contributed by atoms with van der Waals surface area (Å²) < 4.78 is 0. The van der Waals surface area contributed by atoms with Crippen molar-refractivity contribution in [3.63, 3.8) is 0 Å². The van der Waals surface area contributed by atoms with Crippen LogP contribution in [0.4, 0.5) is 0 Å². The molecular formula is C12H20N2S. The van der Waals surface area contributed by atoms with Gasteiger partial charge >= 0.3 is 0 Å². The van der Waals surface area contributed by atoms with E-state index in [9.17, 15) is 0 Å². The van der Waals surface area contributed by atoms with Crippen molar-refractivity contribution in [1.29, 1.82) is 0 Å². The van der Waals surface area contributed by atoms with Gasteiger partial charge in [-0.25, -0.2) is 4.98 Å². The Balaban J connectivity index is 2.48. The highest BCUT2D eigenvalue weighted by Crippen LogP contribution is 2.22. The first-order valence-electron chi connectivity index (χ1n) is 5.58. The summed E-state index contributed by atoms with van der Waals surface area (Å²) in [5.41, 5.74) is 1.25. The molecule has 0 spiro atoms. The van der Waals surface area contributed by atoms with Crippen molar-refractivity contribution in [3.05, 3.63) is 23.9 Å². The summed E-state index contributed by atoms with van der Waals surface area (Å²) >= 11 is 1.84. The van der Waals surface area contributed by atoms with Crippen LogP contribution in [-0.4, -0.2) is 16.8 Å². The van der Waals surface area contributed by atoms with Gasteiger partial charge in [-0.3, -0.25) is 0 Å². The molecule has 0 saturated heterocycles. The average molecular weight is 224 g/mol. The largest absolute Gasteiger partial charge is 0.313 e. The van der Waals surface area contributed by atoms with Crippen LogP contribution >= 0.6 is 11.8 Å². The highest BCUT2D eigenvalue weighted by atomic mass is 32.2.